The first-order chi connectivity index (χ1) is 9.56. The summed E-state index contributed by atoms with van der Waals surface area (Å²) < 4.78 is 6.60. The highest BCUT2D eigenvalue weighted by molar-refractivity contribution is 9.10. The molecule has 0 aliphatic heterocycles. The monoisotopic (exact) mass is 353 g/mol. The highest BCUT2D eigenvalue weighted by Crippen LogP contribution is 2.19. The third kappa shape index (κ3) is 4.08. The first-order valence-electron chi connectivity index (χ1n) is 6.32. The Morgan fingerprint density at radius 2 is 1.95 bits per heavy atom. The van der Waals surface area contributed by atoms with Crippen molar-refractivity contribution >= 4 is 33.2 Å². The fraction of sp³-hybridized carbons (Fsp3) is 0.267. The van der Waals surface area contributed by atoms with Gasteiger partial charge in [-0.2, -0.15) is 0 Å². The van der Waals surface area contributed by atoms with Gasteiger partial charge in [0.1, 0.15) is 5.75 Å². The van der Waals surface area contributed by atoms with E-state index in [0.717, 1.165) is 9.35 Å². The Bertz CT molecular complexity index is 554. The molecule has 2 rings (SSSR count). The van der Waals surface area contributed by atoms with Crippen LogP contribution in [0.2, 0.25) is 0 Å². The Balaban J connectivity index is 1.90. The van der Waals surface area contributed by atoms with Gasteiger partial charge in [-0.05, 0) is 49.6 Å². The SMILES string of the molecule is CC(Oc1ccc(Br)cc1)C(=O)NC(C)c1cccs1. The first kappa shape index (κ1) is 15.1. The summed E-state index contributed by atoms with van der Waals surface area (Å²) in [6.07, 6.45) is -0.529. The molecule has 0 saturated carbocycles. The summed E-state index contributed by atoms with van der Waals surface area (Å²) in [4.78, 5) is 13.2. The van der Waals surface area contributed by atoms with Gasteiger partial charge >= 0.3 is 0 Å². The van der Waals surface area contributed by atoms with Gasteiger partial charge < -0.3 is 10.1 Å². The van der Waals surface area contributed by atoms with Crippen molar-refractivity contribution in [1.82, 2.24) is 5.32 Å². The molecule has 0 fully saturated rings. The lowest BCUT2D eigenvalue weighted by Crippen LogP contribution is -2.37. The zero-order valence-corrected chi connectivity index (χ0v) is 13.7. The van der Waals surface area contributed by atoms with E-state index in [2.05, 4.69) is 21.2 Å². The number of hydrogen-bond donors (Lipinski definition) is 1. The highest BCUT2D eigenvalue weighted by atomic mass is 79.9. The minimum absolute atomic E-state index is 0.00142. The number of carbonyl (C=O) groups is 1. The Morgan fingerprint density at radius 3 is 2.55 bits per heavy atom. The molecule has 20 heavy (non-hydrogen) atoms. The zero-order chi connectivity index (χ0) is 14.5. The van der Waals surface area contributed by atoms with Crippen LogP contribution in [-0.2, 0) is 4.79 Å². The molecular formula is C15H16BrNO2S. The van der Waals surface area contributed by atoms with Crippen LogP contribution in [0.3, 0.4) is 0 Å². The maximum absolute atomic E-state index is 12.1. The van der Waals surface area contributed by atoms with Crippen molar-refractivity contribution in [2.24, 2.45) is 0 Å². The van der Waals surface area contributed by atoms with Crippen molar-refractivity contribution in [3.8, 4) is 5.75 Å². The van der Waals surface area contributed by atoms with Crippen LogP contribution < -0.4 is 10.1 Å². The number of halogens is 1. The maximum atomic E-state index is 12.1. The van der Waals surface area contributed by atoms with E-state index in [1.165, 1.54) is 0 Å². The highest BCUT2D eigenvalue weighted by Gasteiger charge is 2.18. The van der Waals surface area contributed by atoms with Gasteiger partial charge in [-0.1, -0.05) is 22.0 Å². The minimum Gasteiger partial charge on any atom is -0.481 e. The normalized spacial score (nSPS) is 13.6. The number of benzene rings is 1. The second-order valence-electron chi connectivity index (χ2n) is 4.46. The van der Waals surface area contributed by atoms with Crippen molar-refractivity contribution in [3.63, 3.8) is 0 Å². The molecule has 0 saturated heterocycles. The van der Waals surface area contributed by atoms with Crippen LogP contribution in [0.4, 0.5) is 0 Å². The van der Waals surface area contributed by atoms with E-state index < -0.39 is 6.10 Å². The number of nitrogens with one attached hydrogen (secondary N) is 1. The molecule has 3 nitrogen and oxygen atoms in total. The van der Waals surface area contributed by atoms with Gasteiger partial charge in [0.05, 0.1) is 6.04 Å². The number of ether oxygens (including phenoxy) is 1. The predicted octanol–water partition coefficient (Wildman–Crippen LogP) is 4.16. The molecule has 1 N–H and O–H groups in total. The lowest BCUT2D eigenvalue weighted by atomic mass is 10.2. The summed E-state index contributed by atoms with van der Waals surface area (Å²) >= 11 is 4.99. The molecule has 0 radical (unpaired) electrons. The molecule has 5 heteroatoms. The molecule has 1 aromatic carbocycles. The van der Waals surface area contributed by atoms with Crippen LogP contribution in [0.1, 0.15) is 24.8 Å². The second-order valence-corrected chi connectivity index (χ2v) is 6.35. The average Bonchev–Trinajstić information content (AvgIpc) is 2.95. The van der Waals surface area contributed by atoms with Crippen molar-refractivity contribution in [2.75, 3.05) is 0 Å². The van der Waals surface area contributed by atoms with Gasteiger partial charge in [0.15, 0.2) is 6.10 Å². The summed E-state index contributed by atoms with van der Waals surface area (Å²) in [5, 5.41) is 4.95. The predicted molar refractivity (Wildman–Crippen MR) is 85.1 cm³/mol. The molecule has 2 atom stereocenters. The second kappa shape index (κ2) is 6.90. The van der Waals surface area contributed by atoms with Crippen LogP contribution >= 0.6 is 27.3 Å². The van der Waals surface area contributed by atoms with Crippen molar-refractivity contribution < 1.29 is 9.53 Å². The molecule has 2 aromatic rings. The molecule has 1 heterocycles. The largest absolute Gasteiger partial charge is 0.481 e. The van der Waals surface area contributed by atoms with Gasteiger partial charge in [-0.15, -0.1) is 11.3 Å². The van der Waals surface area contributed by atoms with Crippen LogP contribution in [0.15, 0.2) is 46.3 Å². The zero-order valence-electron chi connectivity index (χ0n) is 11.3. The number of rotatable bonds is 5. The Morgan fingerprint density at radius 1 is 1.25 bits per heavy atom. The summed E-state index contributed by atoms with van der Waals surface area (Å²) in [7, 11) is 0. The smallest absolute Gasteiger partial charge is 0.261 e. The standard InChI is InChI=1S/C15H16BrNO2S/c1-10(14-4-3-9-20-14)17-15(18)11(2)19-13-7-5-12(16)6-8-13/h3-11H,1-2H3,(H,17,18). The lowest BCUT2D eigenvalue weighted by Gasteiger charge is -2.18. The van der Waals surface area contributed by atoms with Crippen LogP contribution in [0.25, 0.3) is 0 Å². The van der Waals surface area contributed by atoms with E-state index in [4.69, 9.17) is 4.74 Å². The summed E-state index contributed by atoms with van der Waals surface area (Å²) in [6.45, 7) is 3.72. The molecule has 0 bridgehead atoms. The van der Waals surface area contributed by atoms with Gasteiger partial charge in [0, 0.05) is 9.35 Å². The van der Waals surface area contributed by atoms with E-state index in [-0.39, 0.29) is 11.9 Å². The maximum Gasteiger partial charge on any atom is 0.261 e. The topological polar surface area (TPSA) is 38.3 Å². The molecule has 2 unspecified atom stereocenters. The fourth-order valence-corrected chi connectivity index (χ4v) is 2.71. The summed E-state index contributed by atoms with van der Waals surface area (Å²) in [5.41, 5.74) is 0. The molecule has 0 spiro atoms. The summed E-state index contributed by atoms with van der Waals surface area (Å²) in [6, 6.07) is 11.4. The van der Waals surface area contributed by atoms with Crippen molar-refractivity contribution in [3.05, 3.63) is 51.1 Å². The van der Waals surface area contributed by atoms with Gasteiger partial charge in [0.25, 0.3) is 5.91 Å². The Kier molecular flexibility index (Phi) is 5.20. The third-order valence-corrected chi connectivity index (χ3v) is 4.41. The first-order valence-corrected chi connectivity index (χ1v) is 7.99. The van der Waals surface area contributed by atoms with Crippen molar-refractivity contribution in [1.29, 1.82) is 0 Å². The minimum atomic E-state index is -0.529. The number of amides is 1. The number of thiophene rings is 1. The Hall–Kier alpha value is -1.33. The van der Waals surface area contributed by atoms with E-state index >= 15 is 0 Å². The van der Waals surface area contributed by atoms with Crippen molar-refractivity contribution in [2.45, 2.75) is 26.0 Å². The van der Waals surface area contributed by atoms with Crippen LogP contribution in [-0.4, -0.2) is 12.0 Å². The number of carbonyl (C=O) groups excluding carboxylic acids is 1. The fourth-order valence-electron chi connectivity index (χ4n) is 1.71. The van der Waals surface area contributed by atoms with E-state index in [9.17, 15) is 4.79 Å². The number of hydrogen-bond acceptors (Lipinski definition) is 3. The quantitative estimate of drug-likeness (QED) is 0.876. The molecule has 0 aliphatic carbocycles. The van der Waals surface area contributed by atoms with Crippen LogP contribution in [0, 0.1) is 0 Å². The van der Waals surface area contributed by atoms with E-state index in [1.54, 1.807) is 18.3 Å². The van der Waals surface area contributed by atoms with Gasteiger partial charge in [-0.3, -0.25) is 4.79 Å². The van der Waals surface area contributed by atoms with Crippen LogP contribution in [0.5, 0.6) is 5.75 Å². The molecule has 106 valence electrons. The lowest BCUT2D eigenvalue weighted by molar-refractivity contribution is -0.127. The van der Waals surface area contributed by atoms with Gasteiger partial charge in [-0.25, -0.2) is 0 Å². The molecule has 1 amide bonds. The molecular weight excluding hydrogens is 338 g/mol. The molecule has 0 aliphatic rings. The summed E-state index contributed by atoms with van der Waals surface area (Å²) in [5.74, 6) is 0.563. The molecule has 1 aromatic heterocycles. The Labute approximate surface area is 131 Å². The van der Waals surface area contributed by atoms with E-state index in [1.807, 2.05) is 48.7 Å². The average molecular weight is 354 g/mol. The van der Waals surface area contributed by atoms with Gasteiger partial charge in [0.2, 0.25) is 0 Å². The third-order valence-electron chi connectivity index (χ3n) is 2.82. The van der Waals surface area contributed by atoms with E-state index in [0.29, 0.717) is 5.75 Å².